The number of Topliss-reactive ketones (excluding diaryl/α,β-unsaturated/α-hetero) is 1. The minimum absolute atomic E-state index is 0.0223. The van der Waals surface area contributed by atoms with Crippen LogP contribution in [0.5, 0.6) is 0 Å². The lowest BCUT2D eigenvalue weighted by atomic mass is 9.91. The fourth-order valence-corrected chi connectivity index (χ4v) is 6.53. The van der Waals surface area contributed by atoms with Crippen molar-refractivity contribution in [2.75, 3.05) is 18.8 Å². The van der Waals surface area contributed by atoms with Crippen molar-refractivity contribution in [2.45, 2.75) is 50.6 Å². The van der Waals surface area contributed by atoms with Crippen molar-refractivity contribution >= 4 is 17.4 Å². The maximum atomic E-state index is 15.7. The number of halogens is 2. The largest absolute Gasteiger partial charge is 0.383 e. The molecule has 2 fully saturated rings. The van der Waals surface area contributed by atoms with E-state index in [1.54, 1.807) is 35.2 Å². The third kappa shape index (κ3) is 5.91. The van der Waals surface area contributed by atoms with E-state index in [0.717, 1.165) is 56.3 Å². The van der Waals surface area contributed by atoms with Crippen molar-refractivity contribution in [1.82, 2.24) is 24.6 Å². The second-order valence-electron chi connectivity index (χ2n) is 12.4. The number of pyridine rings is 2. The van der Waals surface area contributed by atoms with E-state index in [0.29, 0.717) is 22.7 Å². The number of aromatic nitrogens is 4. The quantitative estimate of drug-likeness (QED) is 0.140. The summed E-state index contributed by atoms with van der Waals surface area (Å²) < 4.78 is 33.1. The molecule has 11 heteroatoms. The Kier molecular flexibility index (Phi) is 8.41. The van der Waals surface area contributed by atoms with Gasteiger partial charge >= 0.3 is 0 Å². The number of nitrogens with zero attached hydrogens (tertiary/aromatic N) is 5. The Bertz CT molecular complexity index is 2120. The maximum Gasteiger partial charge on any atom is 0.242 e. The Morgan fingerprint density at radius 2 is 1.71 bits per heavy atom. The molecule has 242 valence electrons. The van der Waals surface area contributed by atoms with Crippen molar-refractivity contribution in [1.29, 1.82) is 0 Å². The molecule has 2 aliphatic rings. The number of hydrogen-bond acceptors (Lipinski definition) is 6. The molecule has 0 radical (unpaired) electrons. The lowest BCUT2D eigenvalue weighted by molar-refractivity contribution is 0.0991. The summed E-state index contributed by atoms with van der Waals surface area (Å²) in [6.45, 7) is 9.73. The Balaban J connectivity index is 1.18. The molecule has 1 aliphatic heterocycles. The molecule has 0 atom stereocenters. The predicted molar refractivity (Wildman–Crippen MR) is 180 cm³/mol. The molecule has 1 aliphatic carbocycles. The molecule has 0 unspecified atom stereocenters. The number of rotatable bonds is 8. The minimum Gasteiger partial charge on any atom is -0.383 e. The van der Waals surface area contributed by atoms with Crippen LogP contribution in [-0.4, -0.2) is 38.2 Å². The smallest absolute Gasteiger partial charge is 0.242 e. The molecule has 0 amide bonds. The summed E-state index contributed by atoms with van der Waals surface area (Å²) in [6, 6.07) is 11.9. The third-order valence-corrected chi connectivity index (χ3v) is 9.44. The summed E-state index contributed by atoms with van der Waals surface area (Å²) in [6.07, 6.45) is 11.2. The molecule has 3 N–H and O–H groups in total. The minimum atomic E-state index is -0.607. The Hall–Kier alpha value is -5.47. The molecule has 2 aromatic carbocycles. The molecule has 9 nitrogen and oxygen atoms in total. The Morgan fingerprint density at radius 3 is 2.40 bits per heavy atom. The molecule has 1 saturated heterocycles. The highest BCUT2D eigenvalue weighted by molar-refractivity contribution is 5.99. The maximum absolute atomic E-state index is 15.7. The number of hydrogen-bond donors (Lipinski definition) is 2. The standard InChI is InChI=1S/C37H33F2N7O2/c1-41-37-34(23-6-8-26(38)9-7-23)35(48)31(21-45(37)27-3-2-4-27)33(47)16-22-5-10-29(32(39)15-22)30-17-24(18-43-36(30)40)25-19-44-46(20-25)28-11-13-42-14-12-28/h5-10,15,17-21,27-28,42H,2-4,11-14,16H2,(H2,40,43). The summed E-state index contributed by atoms with van der Waals surface area (Å²) in [5.41, 5.74) is 8.56. The average Bonchev–Trinajstić information content (AvgIpc) is 3.56. The van der Waals surface area contributed by atoms with Gasteiger partial charge in [0.1, 0.15) is 23.0 Å². The first-order chi connectivity index (χ1) is 23.3. The van der Waals surface area contributed by atoms with Gasteiger partial charge in [0, 0.05) is 41.1 Å². The van der Waals surface area contributed by atoms with Gasteiger partial charge in [0.25, 0.3) is 0 Å². The highest BCUT2D eigenvalue weighted by Crippen LogP contribution is 2.39. The van der Waals surface area contributed by atoms with Crippen LogP contribution in [0.3, 0.4) is 0 Å². The SMILES string of the molecule is [C-]#[N+]c1c(-c2ccc(F)cc2)c(=O)c(C(=O)Cc2ccc(-c3cc(-c4cnn(C5CCNCC5)c4)cnc3N)c(F)c2)cn1C1CCC1. The van der Waals surface area contributed by atoms with E-state index in [1.807, 2.05) is 10.9 Å². The molecule has 4 heterocycles. The summed E-state index contributed by atoms with van der Waals surface area (Å²) in [5, 5.41) is 7.91. The number of ketones is 1. The van der Waals surface area contributed by atoms with Gasteiger partial charge < -0.3 is 15.9 Å². The molecule has 5 aromatic rings. The van der Waals surface area contributed by atoms with E-state index < -0.39 is 22.8 Å². The highest BCUT2D eigenvalue weighted by atomic mass is 19.1. The zero-order valence-corrected chi connectivity index (χ0v) is 26.1. The Labute approximate surface area is 275 Å². The summed E-state index contributed by atoms with van der Waals surface area (Å²) >= 11 is 0. The highest BCUT2D eigenvalue weighted by Gasteiger charge is 2.29. The Morgan fingerprint density at radius 1 is 0.938 bits per heavy atom. The first-order valence-electron chi connectivity index (χ1n) is 16.1. The molecule has 3 aromatic heterocycles. The number of carbonyl (C=O) groups excluding carboxylic acids is 1. The third-order valence-electron chi connectivity index (χ3n) is 9.44. The number of nitrogens with two attached hydrogens (primary N) is 1. The first-order valence-corrected chi connectivity index (χ1v) is 16.1. The van der Waals surface area contributed by atoms with Crippen molar-refractivity contribution in [3.63, 3.8) is 0 Å². The molecular weight excluding hydrogens is 612 g/mol. The zero-order chi connectivity index (χ0) is 33.4. The van der Waals surface area contributed by atoms with Gasteiger partial charge in [0.15, 0.2) is 11.2 Å². The van der Waals surface area contributed by atoms with Gasteiger partial charge in [-0.2, -0.15) is 5.10 Å². The van der Waals surface area contributed by atoms with Crippen LogP contribution in [0, 0.1) is 18.2 Å². The number of anilines is 1. The van der Waals surface area contributed by atoms with Gasteiger partial charge in [-0.1, -0.05) is 30.8 Å². The second kappa shape index (κ2) is 13.0. The lowest BCUT2D eigenvalue weighted by Gasteiger charge is -2.28. The fraction of sp³-hybridized carbons (Fsp3) is 0.270. The van der Waals surface area contributed by atoms with Crippen LogP contribution >= 0.6 is 0 Å². The van der Waals surface area contributed by atoms with Crippen LogP contribution < -0.4 is 16.5 Å². The van der Waals surface area contributed by atoms with Gasteiger partial charge in [0.05, 0.1) is 30.0 Å². The summed E-state index contributed by atoms with van der Waals surface area (Å²) in [5.74, 6) is -1.28. The van der Waals surface area contributed by atoms with Crippen molar-refractivity contribution in [3.05, 3.63) is 118 Å². The van der Waals surface area contributed by atoms with E-state index in [2.05, 4.69) is 20.2 Å². The van der Waals surface area contributed by atoms with Crippen LogP contribution in [0.2, 0.25) is 0 Å². The molecular formula is C37H33F2N7O2. The van der Waals surface area contributed by atoms with E-state index in [1.165, 1.54) is 36.5 Å². The van der Waals surface area contributed by atoms with Gasteiger partial charge in [-0.25, -0.2) is 13.8 Å². The van der Waals surface area contributed by atoms with Gasteiger partial charge in [-0.05, 0) is 80.6 Å². The second-order valence-corrected chi connectivity index (χ2v) is 12.4. The van der Waals surface area contributed by atoms with E-state index >= 15 is 4.39 Å². The molecule has 1 saturated carbocycles. The first kappa shape index (κ1) is 31.1. The molecule has 7 rings (SSSR count). The number of benzene rings is 2. The molecule has 0 spiro atoms. The van der Waals surface area contributed by atoms with Crippen molar-refractivity contribution in [2.24, 2.45) is 0 Å². The fourth-order valence-electron chi connectivity index (χ4n) is 6.53. The summed E-state index contributed by atoms with van der Waals surface area (Å²) in [4.78, 5) is 35.4. The van der Waals surface area contributed by atoms with Crippen LogP contribution in [0.25, 0.3) is 38.2 Å². The van der Waals surface area contributed by atoms with Crippen LogP contribution in [0.4, 0.5) is 20.4 Å². The van der Waals surface area contributed by atoms with Crippen LogP contribution in [0.15, 0.2) is 78.1 Å². The van der Waals surface area contributed by atoms with E-state index in [-0.39, 0.29) is 40.8 Å². The predicted octanol–water partition coefficient (Wildman–Crippen LogP) is 6.93. The molecule has 48 heavy (non-hydrogen) atoms. The van der Waals surface area contributed by atoms with Crippen LogP contribution in [-0.2, 0) is 6.42 Å². The number of carbonyl (C=O) groups is 1. The number of nitrogens with one attached hydrogen (secondary N) is 1. The molecule has 0 bridgehead atoms. The van der Waals surface area contributed by atoms with Gasteiger partial charge in [0.2, 0.25) is 5.82 Å². The average molecular weight is 646 g/mol. The number of nitrogen functional groups attached to an aromatic ring is 1. The van der Waals surface area contributed by atoms with Gasteiger partial charge in [-0.3, -0.25) is 18.8 Å². The monoisotopic (exact) mass is 645 g/mol. The normalized spacial score (nSPS) is 15.2. The van der Waals surface area contributed by atoms with Crippen molar-refractivity contribution < 1.29 is 13.6 Å². The zero-order valence-electron chi connectivity index (χ0n) is 26.1. The van der Waals surface area contributed by atoms with Crippen LogP contribution in [0.1, 0.15) is 60.1 Å². The van der Waals surface area contributed by atoms with E-state index in [4.69, 9.17) is 12.3 Å². The lowest BCUT2D eigenvalue weighted by Crippen LogP contribution is -2.29. The van der Waals surface area contributed by atoms with E-state index in [9.17, 15) is 14.0 Å². The van der Waals surface area contributed by atoms with Crippen molar-refractivity contribution in [3.8, 4) is 33.4 Å². The number of piperidine rings is 1. The topological polar surface area (TPSA) is 112 Å². The summed E-state index contributed by atoms with van der Waals surface area (Å²) in [7, 11) is 0. The van der Waals surface area contributed by atoms with Gasteiger partial charge in [-0.15, -0.1) is 0 Å².